The second-order valence-corrected chi connectivity index (χ2v) is 7.46. The van der Waals surface area contributed by atoms with Crippen LogP contribution in [0.3, 0.4) is 0 Å². The highest BCUT2D eigenvalue weighted by Crippen LogP contribution is 2.44. The number of halogens is 1. The van der Waals surface area contributed by atoms with E-state index in [2.05, 4.69) is 6.07 Å². The summed E-state index contributed by atoms with van der Waals surface area (Å²) < 4.78 is 0. The molecule has 2 aliphatic carbocycles. The fourth-order valence-corrected chi connectivity index (χ4v) is 4.36. The lowest BCUT2D eigenvalue weighted by atomic mass is 9.74. The zero-order chi connectivity index (χ0) is 16.8. The molecular formula is C21H19ClO2. The first-order chi connectivity index (χ1) is 11.5. The van der Waals surface area contributed by atoms with Crippen molar-refractivity contribution in [3.63, 3.8) is 0 Å². The molecule has 0 aliphatic heterocycles. The molecule has 0 amide bonds. The van der Waals surface area contributed by atoms with E-state index < -0.39 is 5.92 Å². The minimum absolute atomic E-state index is 0.0908. The number of hydrogen-bond donors (Lipinski definition) is 0. The van der Waals surface area contributed by atoms with Gasteiger partial charge in [0.25, 0.3) is 0 Å². The average Bonchev–Trinajstić information content (AvgIpc) is 3.02. The summed E-state index contributed by atoms with van der Waals surface area (Å²) >= 11 is 5.95. The van der Waals surface area contributed by atoms with Crippen molar-refractivity contribution in [1.82, 2.24) is 0 Å². The van der Waals surface area contributed by atoms with Crippen LogP contribution in [0.15, 0.2) is 42.5 Å². The lowest BCUT2D eigenvalue weighted by Crippen LogP contribution is -2.35. The monoisotopic (exact) mass is 338 g/mol. The van der Waals surface area contributed by atoms with Gasteiger partial charge in [-0.05, 0) is 60.6 Å². The van der Waals surface area contributed by atoms with Crippen LogP contribution in [0, 0.1) is 18.8 Å². The van der Waals surface area contributed by atoms with Gasteiger partial charge in [0.15, 0.2) is 11.6 Å². The zero-order valence-corrected chi connectivity index (χ0v) is 14.3. The maximum Gasteiger partial charge on any atom is 0.150 e. The van der Waals surface area contributed by atoms with Gasteiger partial charge in [0.05, 0.1) is 0 Å². The molecule has 2 nitrogen and oxygen atoms in total. The van der Waals surface area contributed by atoms with E-state index in [-0.39, 0.29) is 23.4 Å². The number of carbonyl (C=O) groups is 2. The molecule has 3 heteroatoms. The first-order valence-corrected chi connectivity index (χ1v) is 8.86. The lowest BCUT2D eigenvalue weighted by Gasteiger charge is -2.26. The Balaban J connectivity index is 1.71. The molecule has 4 rings (SSSR count). The zero-order valence-electron chi connectivity index (χ0n) is 13.6. The van der Waals surface area contributed by atoms with E-state index in [4.69, 9.17) is 11.6 Å². The summed E-state index contributed by atoms with van der Waals surface area (Å²) in [4.78, 5) is 25.4. The largest absolute Gasteiger partial charge is 0.298 e. The number of fused-ring (bicyclic) bond motifs is 2. The van der Waals surface area contributed by atoms with Crippen LogP contribution in [0.5, 0.6) is 0 Å². The molecule has 2 aliphatic rings. The number of aryl methyl sites for hydroxylation is 1. The van der Waals surface area contributed by atoms with E-state index in [0.717, 1.165) is 41.5 Å². The van der Waals surface area contributed by atoms with Crippen LogP contribution >= 0.6 is 11.6 Å². The van der Waals surface area contributed by atoms with Crippen LogP contribution in [0.1, 0.15) is 36.3 Å². The Hall–Kier alpha value is -1.93. The highest BCUT2D eigenvalue weighted by Gasteiger charge is 2.47. The summed E-state index contributed by atoms with van der Waals surface area (Å²) in [5.74, 6) is -0.0937. The lowest BCUT2D eigenvalue weighted by molar-refractivity contribution is -0.135. The van der Waals surface area contributed by atoms with Crippen LogP contribution in [-0.4, -0.2) is 11.6 Å². The Kier molecular flexibility index (Phi) is 3.80. The third-order valence-corrected chi connectivity index (χ3v) is 5.82. The van der Waals surface area contributed by atoms with E-state index in [0.29, 0.717) is 5.02 Å². The maximum atomic E-state index is 12.7. The number of ketones is 2. The van der Waals surface area contributed by atoms with Gasteiger partial charge in [-0.1, -0.05) is 41.9 Å². The van der Waals surface area contributed by atoms with Crippen molar-refractivity contribution in [3.8, 4) is 11.1 Å². The summed E-state index contributed by atoms with van der Waals surface area (Å²) in [5.41, 5.74) is 4.05. The van der Waals surface area contributed by atoms with Crippen molar-refractivity contribution in [2.75, 3.05) is 0 Å². The van der Waals surface area contributed by atoms with Crippen molar-refractivity contribution in [2.24, 2.45) is 11.8 Å². The van der Waals surface area contributed by atoms with E-state index in [9.17, 15) is 9.59 Å². The van der Waals surface area contributed by atoms with Crippen molar-refractivity contribution >= 4 is 23.2 Å². The Morgan fingerprint density at radius 1 is 0.875 bits per heavy atom. The molecule has 1 unspecified atom stereocenters. The summed E-state index contributed by atoms with van der Waals surface area (Å²) in [6.45, 7) is 1.99. The SMILES string of the molecule is Cc1cc(-c2ccc(Cl)cc2)ccc1C1C(=O)[C@@H]2CC[C@@H](C2)C1=O. The third-order valence-electron chi connectivity index (χ3n) is 5.56. The maximum absolute atomic E-state index is 12.7. The third kappa shape index (κ3) is 2.50. The van der Waals surface area contributed by atoms with E-state index >= 15 is 0 Å². The molecule has 0 aromatic heterocycles. The van der Waals surface area contributed by atoms with Gasteiger partial charge in [0.2, 0.25) is 0 Å². The number of hydrogen-bond acceptors (Lipinski definition) is 2. The number of Topliss-reactive ketones (excluding diaryl/α,β-unsaturated/α-hetero) is 2. The van der Waals surface area contributed by atoms with Gasteiger partial charge in [-0.25, -0.2) is 0 Å². The Bertz CT molecular complexity index is 800. The molecule has 2 aromatic rings. The molecule has 122 valence electrons. The summed E-state index contributed by atoms with van der Waals surface area (Å²) in [5, 5.41) is 0.709. The van der Waals surface area contributed by atoms with Crippen LogP contribution in [-0.2, 0) is 9.59 Å². The standard InChI is InChI=1S/C21H19ClO2/c1-12-10-14(13-4-7-17(22)8-5-13)6-9-18(12)19-20(23)15-2-3-16(11-15)21(19)24/h4-10,15-16,19H,2-3,11H2,1H3/t15-,16+,19?. The van der Waals surface area contributed by atoms with Crippen LogP contribution < -0.4 is 0 Å². The van der Waals surface area contributed by atoms with E-state index in [1.807, 2.05) is 43.3 Å². The smallest absolute Gasteiger partial charge is 0.150 e. The van der Waals surface area contributed by atoms with Gasteiger partial charge in [-0.2, -0.15) is 0 Å². The first kappa shape index (κ1) is 15.6. The summed E-state index contributed by atoms with van der Waals surface area (Å²) in [6.07, 6.45) is 2.54. The van der Waals surface area contributed by atoms with Crippen molar-refractivity contribution in [3.05, 3.63) is 58.6 Å². The highest BCUT2D eigenvalue weighted by molar-refractivity contribution is 6.30. The Labute approximate surface area is 146 Å². The quantitative estimate of drug-likeness (QED) is 0.725. The summed E-state index contributed by atoms with van der Waals surface area (Å²) in [6, 6.07) is 13.7. The van der Waals surface area contributed by atoms with Gasteiger partial charge in [-0.15, -0.1) is 0 Å². The molecule has 0 heterocycles. The van der Waals surface area contributed by atoms with Crippen molar-refractivity contribution in [1.29, 1.82) is 0 Å². The molecule has 0 N–H and O–H groups in total. The Morgan fingerprint density at radius 2 is 1.46 bits per heavy atom. The average molecular weight is 339 g/mol. The van der Waals surface area contributed by atoms with Gasteiger partial charge in [-0.3, -0.25) is 9.59 Å². The molecule has 0 saturated heterocycles. The predicted molar refractivity (Wildman–Crippen MR) is 95.2 cm³/mol. The van der Waals surface area contributed by atoms with Gasteiger partial charge >= 0.3 is 0 Å². The summed E-state index contributed by atoms with van der Waals surface area (Å²) in [7, 11) is 0. The van der Waals surface area contributed by atoms with Crippen molar-refractivity contribution < 1.29 is 9.59 Å². The number of benzene rings is 2. The second kappa shape index (κ2) is 5.86. The normalized spacial score (nSPS) is 26.0. The van der Waals surface area contributed by atoms with Crippen LogP contribution in [0.4, 0.5) is 0 Å². The van der Waals surface area contributed by atoms with Crippen molar-refractivity contribution in [2.45, 2.75) is 32.1 Å². The minimum atomic E-state index is -0.546. The molecular weight excluding hydrogens is 320 g/mol. The molecule has 2 fully saturated rings. The molecule has 0 spiro atoms. The number of carbonyl (C=O) groups excluding carboxylic acids is 2. The van der Waals surface area contributed by atoms with Gasteiger partial charge in [0, 0.05) is 16.9 Å². The van der Waals surface area contributed by atoms with E-state index in [1.54, 1.807) is 0 Å². The first-order valence-electron chi connectivity index (χ1n) is 8.48. The molecule has 2 aromatic carbocycles. The molecule has 2 saturated carbocycles. The highest BCUT2D eigenvalue weighted by atomic mass is 35.5. The fourth-order valence-electron chi connectivity index (χ4n) is 4.24. The molecule has 2 bridgehead atoms. The molecule has 24 heavy (non-hydrogen) atoms. The predicted octanol–water partition coefficient (Wildman–Crippen LogP) is 4.97. The molecule has 3 atom stereocenters. The van der Waals surface area contributed by atoms with Gasteiger partial charge in [0.1, 0.15) is 5.92 Å². The fraction of sp³-hybridized carbons (Fsp3) is 0.333. The van der Waals surface area contributed by atoms with Crippen LogP contribution in [0.25, 0.3) is 11.1 Å². The topological polar surface area (TPSA) is 34.1 Å². The Morgan fingerprint density at radius 3 is 2.04 bits per heavy atom. The van der Waals surface area contributed by atoms with Crippen LogP contribution in [0.2, 0.25) is 5.02 Å². The number of rotatable bonds is 2. The minimum Gasteiger partial charge on any atom is -0.298 e. The molecule has 0 radical (unpaired) electrons. The second-order valence-electron chi connectivity index (χ2n) is 7.02. The van der Waals surface area contributed by atoms with Gasteiger partial charge < -0.3 is 0 Å². The van der Waals surface area contributed by atoms with E-state index in [1.165, 1.54) is 0 Å².